The fourth-order valence-corrected chi connectivity index (χ4v) is 1.34. The van der Waals surface area contributed by atoms with E-state index in [9.17, 15) is 9.00 Å². The van der Waals surface area contributed by atoms with Gasteiger partial charge in [-0.2, -0.15) is 5.10 Å². The van der Waals surface area contributed by atoms with Gasteiger partial charge in [0, 0.05) is 29.4 Å². The van der Waals surface area contributed by atoms with E-state index in [1.165, 1.54) is 12.3 Å². The molecule has 6 nitrogen and oxygen atoms in total. The minimum absolute atomic E-state index is 0.0619. The first-order valence-electron chi connectivity index (χ1n) is 4.20. The molecule has 1 aromatic rings. The van der Waals surface area contributed by atoms with Crippen LogP contribution in [-0.2, 0) is 10.8 Å². The van der Waals surface area contributed by atoms with E-state index in [-0.39, 0.29) is 11.4 Å². The van der Waals surface area contributed by atoms with Crippen LogP contribution >= 0.6 is 0 Å². The van der Waals surface area contributed by atoms with E-state index in [1.807, 2.05) is 0 Å². The van der Waals surface area contributed by atoms with Gasteiger partial charge in [0.25, 0.3) is 0 Å². The number of nitrogens with one attached hydrogen (secondary N) is 1. The Hall–Kier alpha value is -1.50. The van der Waals surface area contributed by atoms with Gasteiger partial charge in [-0.05, 0) is 6.07 Å². The number of aromatic carboxylic acids is 1. The van der Waals surface area contributed by atoms with Crippen LogP contribution in [0.1, 0.15) is 10.4 Å². The van der Waals surface area contributed by atoms with Gasteiger partial charge >= 0.3 is 5.97 Å². The summed E-state index contributed by atoms with van der Waals surface area (Å²) >= 11 is 0. The number of carboxylic acid groups (broad SMARTS) is 1. The minimum atomic E-state index is -1.06. The Morgan fingerprint density at radius 2 is 2.40 bits per heavy atom. The van der Waals surface area contributed by atoms with Crippen molar-refractivity contribution in [2.75, 3.05) is 23.9 Å². The summed E-state index contributed by atoms with van der Waals surface area (Å²) in [4.78, 5) is 10.8. The standard InChI is InChI=1S/C8H11N3O3S/c1-15(14)5-4-9-7-6(8(12)13)2-3-10-11-7/h2-3H,4-5H2,1H3,(H,9,11)(H,12,13). The summed E-state index contributed by atoms with van der Waals surface area (Å²) < 4.78 is 10.8. The fourth-order valence-electron chi connectivity index (χ4n) is 0.948. The van der Waals surface area contributed by atoms with Crippen LogP contribution in [0.25, 0.3) is 0 Å². The zero-order chi connectivity index (χ0) is 11.3. The fraction of sp³-hybridized carbons (Fsp3) is 0.375. The first-order chi connectivity index (χ1) is 7.11. The van der Waals surface area contributed by atoms with Crippen LogP contribution in [0.4, 0.5) is 5.82 Å². The molecular weight excluding hydrogens is 218 g/mol. The van der Waals surface area contributed by atoms with Crippen LogP contribution in [0.2, 0.25) is 0 Å². The molecule has 0 radical (unpaired) electrons. The van der Waals surface area contributed by atoms with E-state index >= 15 is 0 Å². The Morgan fingerprint density at radius 3 is 3.00 bits per heavy atom. The van der Waals surface area contributed by atoms with Crippen molar-refractivity contribution in [1.82, 2.24) is 10.2 Å². The average Bonchev–Trinajstić information content (AvgIpc) is 2.17. The van der Waals surface area contributed by atoms with Gasteiger partial charge in [-0.1, -0.05) is 0 Å². The minimum Gasteiger partial charge on any atom is -0.478 e. The van der Waals surface area contributed by atoms with Crippen LogP contribution in [0.3, 0.4) is 0 Å². The molecule has 1 aromatic heterocycles. The molecule has 2 N–H and O–H groups in total. The molecule has 0 amide bonds. The summed E-state index contributed by atoms with van der Waals surface area (Å²) in [6.07, 6.45) is 2.89. The second-order valence-electron chi connectivity index (χ2n) is 2.80. The molecule has 0 saturated carbocycles. The monoisotopic (exact) mass is 229 g/mol. The van der Waals surface area contributed by atoms with E-state index in [0.717, 1.165) is 0 Å². The van der Waals surface area contributed by atoms with E-state index in [2.05, 4.69) is 15.5 Å². The van der Waals surface area contributed by atoms with Gasteiger partial charge in [-0.3, -0.25) is 4.21 Å². The molecule has 0 fully saturated rings. The van der Waals surface area contributed by atoms with E-state index in [0.29, 0.717) is 12.3 Å². The Kier molecular flexibility index (Phi) is 4.17. The lowest BCUT2D eigenvalue weighted by molar-refractivity contribution is 0.0697. The maximum Gasteiger partial charge on any atom is 0.339 e. The molecule has 0 aliphatic carbocycles. The number of nitrogens with zero attached hydrogens (tertiary/aromatic N) is 2. The van der Waals surface area contributed by atoms with Crippen LogP contribution in [0.15, 0.2) is 12.3 Å². The van der Waals surface area contributed by atoms with E-state index in [4.69, 9.17) is 5.11 Å². The topological polar surface area (TPSA) is 92.2 Å². The van der Waals surface area contributed by atoms with Gasteiger partial charge in [0.05, 0.1) is 6.20 Å². The Labute approximate surface area is 89.2 Å². The molecule has 7 heteroatoms. The van der Waals surface area contributed by atoms with Crippen LogP contribution < -0.4 is 5.32 Å². The molecular formula is C8H11N3O3S. The third kappa shape index (κ3) is 3.62. The van der Waals surface area contributed by atoms with Crippen molar-refractivity contribution in [2.24, 2.45) is 0 Å². The van der Waals surface area contributed by atoms with Gasteiger partial charge in [-0.25, -0.2) is 4.79 Å². The predicted molar refractivity (Wildman–Crippen MR) is 56.4 cm³/mol. The Morgan fingerprint density at radius 1 is 1.67 bits per heavy atom. The number of hydrogen-bond acceptors (Lipinski definition) is 5. The van der Waals surface area contributed by atoms with Crippen molar-refractivity contribution in [3.05, 3.63) is 17.8 Å². The lowest BCUT2D eigenvalue weighted by Crippen LogP contribution is -2.14. The molecule has 15 heavy (non-hydrogen) atoms. The molecule has 0 aliphatic rings. The second kappa shape index (κ2) is 5.40. The van der Waals surface area contributed by atoms with Crippen molar-refractivity contribution >= 4 is 22.6 Å². The molecule has 1 heterocycles. The normalized spacial score (nSPS) is 12.1. The maximum atomic E-state index is 10.8. The zero-order valence-corrected chi connectivity index (χ0v) is 8.95. The maximum absolute atomic E-state index is 10.8. The van der Waals surface area contributed by atoms with Gasteiger partial charge in [0.2, 0.25) is 0 Å². The molecule has 1 atom stereocenters. The summed E-state index contributed by atoms with van der Waals surface area (Å²) in [5.74, 6) is -0.421. The quantitative estimate of drug-likeness (QED) is 0.736. The SMILES string of the molecule is CS(=O)CCNc1nnccc1C(=O)O. The highest BCUT2D eigenvalue weighted by molar-refractivity contribution is 7.84. The molecule has 0 aliphatic heterocycles. The molecule has 0 saturated heterocycles. The third-order valence-corrected chi connectivity index (χ3v) is 2.41. The Balaban J connectivity index is 2.67. The molecule has 1 unspecified atom stereocenters. The van der Waals surface area contributed by atoms with Crippen LogP contribution in [-0.4, -0.2) is 44.0 Å². The zero-order valence-electron chi connectivity index (χ0n) is 8.14. The van der Waals surface area contributed by atoms with Gasteiger partial charge in [0.1, 0.15) is 5.56 Å². The summed E-state index contributed by atoms with van der Waals surface area (Å²) in [6.45, 7) is 0.405. The third-order valence-electron chi connectivity index (χ3n) is 1.63. The number of aromatic nitrogens is 2. The van der Waals surface area contributed by atoms with Crippen molar-refractivity contribution in [2.45, 2.75) is 0 Å². The molecule has 0 aromatic carbocycles. The first-order valence-corrected chi connectivity index (χ1v) is 5.93. The van der Waals surface area contributed by atoms with Gasteiger partial charge < -0.3 is 10.4 Å². The second-order valence-corrected chi connectivity index (χ2v) is 4.36. The highest BCUT2D eigenvalue weighted by atomic mass is 32.2. The highest BCUT2D eigenvalue weighted by Crippen LogP contribution is 2.08. The number of hydrogen-bond donors (Lipinski definition) is 2. The highest BCUT2D eigenvalue weighted by Gasteiger charge is 2.10. The number of anilines is 1. The van der Waals surface area contributed by atoms with E-state index in [1.54, 1.807) is 6.26 Å². The van der Waals surface area contributed by atoms with Crippen molar-refractivity contribution in [3.63, 3.8) is 0 Å². The van der Waals surface area contributed by atoms with Crippen molar-refractivity contribution < 1.29 is 14.1 Å². The lowest BCUT2D eigenvalue weighted by atomic mass is 10.3. The number of rotatable bonds is 5. The molecule has 1 rings (SSSR count). The summed E-state index contributed by atoms with van der Waals surface area (Å²) in [5, 5.41) is 18.8. The summed E-state index contributed by atoms with van der Waals surface area (Å²) in [7, 11) is -0.915. The number of carboxylic acids is 1. The van der Waals surface area contributed by atoms with Crippen LogP contribution in [0, 0.1) is 0 Å². The van der Waals surface area contributed by atoms with Crippen molar-refractivity contribution in [1.29, 1.82) is 0 Å². The molecule has 82 valence electrons. The molecule has 0 bridgehead atoms. The first kappa shape index (κ1) is 11.6. The predicted octanol–water partition coefficient (Wildman–Crippen LogP) is -0.0348. The summed E-state index contributed by atoms with van der Waals surface area (Å²) in [6, 6.07) is 1.36. The average molecular weight is 229 g/mol. The lowest BCUT2D eigenvalue weighted by Gasteiger charge is -2.05. The van der Waals surface area contributed by atoms with Gasteiger partial charge in [-0.15, -0.1) is 5.10 Å². The largest absolute Gasteiger partial charge is 0.478 e. The van der Waals surface area contributed by atoms with E-state index < -0.39 is 16.8 Å². The summed E-state index contributed by atoms with van der Waals surface area (Å²) in [5.41, 5.74) is 0.0619. The molecule has 0 spiro atoms. The Bertz CT molecular complexity index is 383. The number of carbonyl (C=O) groups is 1. The van der Waals surface area contributed by atoms with Crippen LogP contribution in [0.5, 0.6) is 0 Å². The smallest absolute Gasteiger partial charge is 0.339 e. The van der Waals surface area contributed by atoms with Gasteiger partial charge in [0.15, 0.2) is 5.82 Å². The van der Waals surface area contributed by atoms with Crippen molar-refractivity contribution in [3.8, 4) is 0 Å².